The van der Waals surface area contributed by atoms with E-state index in [0.29, 0.717) is 17.8 Å². The summed E-state index contributed by atoms with van der Waals surface area (Å²) in [6.45, 7) is 0.708. The summed E-state index contributed by atoms with van der Waals surface area (Å²) in [6, 6.07) is 22.8. The van der Waals surface area contributed by atoms with Crippen LogP contribution in [0.25, 0.3) is 0 Å². The van der Waals surface area contributed by atoms with Gasteiger partial charge in [0.1, 0.15) is 6.61 Å². The van der Waals surface area contributed by atoms with Gasteiger partial charge in [-0.25, -0.2) is 4.39 Å². The van der Waals surface area contributed by atoms with Crippen LogP contribution in [0.3, 0.4) is 0 Å². The molecular formula is C21H19FN2O2. The molecule has 3 aromatic rings. The summed E-state index contributed by atoms with van der Waals surface area (Å²) in [5, 5.41) is 6.02. The maximum Gasteiger partial charge on any atom is 0.257 e. The Morgan fingerprint density at radius 1 is 0.885 bits per heavy atom. The van der Waals surface area contributed by atoms with Gasteiger partial charge in [-0.2, -0.15) is 0 Å². The Bertz CT molecular complexity index is 869. The maximum atomic E-state index is 13.5. The molecule has 3 aromatic carbocycles. The Labute approximate surface area is 151 Å². The van der Waals surface area contributed by atoms with Crippen LogP contribution in [0.2, 0.25) is 0 Å². The molecule has 1 amide bonds. The molecule has 132 valence electrons. The number of nitrogens with one attached hydrogen (secondary N) is 2. The van der Waals surface area contributed by atoms with Crippen molar-refractivity contribution in [3.63, 3.8) is 0 Å². The molecule has 0 heterocycles. The van der Waals surface area contributed by atoms with Crippen LogP contribution < -0.4 is 15.4 Å². The lowest BCUT2D eigenvalue weighted by Gasteiger charge is -2.13. The summed E-state index contributed by atoms with van der Waals surface area (Å²) < 4.78 is 18.9. The van der Waals surface area contributed by atoms with E-state index >= 15 is 0 Å². The van der Waals surface area contributed by atoms with E-state index in [4.69, 9.17) is 4.74 Å². The molecule has 0 saturated carbocycles. The van der Waals surface area contributed by atoms with Gasteiger partial charge in [-0.05, 0) is 36.4 Å². The normalized spacial score (nSPS) is 10.2. The van der Waals surface area contributed by atoms with E-state index in [0.717, 1.165) is 5.69 Å². The highest BCUT2D eigenvalue weighted by molar-refractivity contribution is 6.08. The van der Waals surface area contributed by atoms with Crippen molar-refractivity contribution in [1.29, 1.82) is 0 Å². The van der Waals surface area contributed by atoms with E-state index in [2.05, 4.69) is 10.6 Å². The molecule has 4 nitrogen and oxygen atoms in total. The second-order valence-corrected chi connectivity index (χ2v) is 5.57. The number of anilines is 2. The largest absolute Gasteiger partial charge is 0.489 e. The van der Waals surface area contributed by atoms with Crippen molar-refractivity contribution in [2.24, 2.45) is 0 Å². The fraction of sp³-hybridized carbons (Fsp3) is 0.0952. The highest BCUT2D eigenvalue weighted by Crippen LogP contribution is 2.18. The van der Waals surface area contributed by atoms with Crippen LogP contribution in [0, 0.1) is 5.82 Å². The topological polar surface area (TPSA) is 50.4 Å². The van der Waals surface area contributed by atoms with Crippen LogP contribution in [0.4, 0.5) is 15.8 Å². The zero-order valence-electron chi connectivity index (χ0n) is 14.1. The Balaban J connectivity index is 1.58. The average molecular weight is 350 g/mol. The summed E-state index contributed by atoms with van der Waals surface area (Å²) in [7, 11) is 0. The third kappa shape index (κ3) is 4.60. The first kappa shape index (κ1) is 17.5. The third-order valence-electron chi connectivity index (χ3n) is 3.72. The van der Waals surface area contributed by atoms with Gasteiger partial charge in [0.2, 0.25) is 0 Å². The highest BCUT2D eigenvalue weighted by atomic mass is 19.1. The predicted molar refractivity (Wildman–Crippen MR) is 101 cm³/mol. The van der Waals surface area contributed by atoms with Crippen LogP contribution in [0.15, 0.2) is 78.9 Å². The number of benzene rings is 3. The van der Waals surface area contributed by atoms with Gasteiger partial charge in [0.25, 0.3) is 5.91 Å². The molecule has 0 bridgehead atoms. The average Bonchev–Trinajstić information content (AvgIpc) is 2.67. The number of halogens is 1. The summed E-state index contributed by atoms with van der Waals surface area (Å²) in [6.07, 6.45) is 0. The standard InChI is InChI=1S/C21H19FN2O2/c22-18-11-5-7-13-20(18)26-15-14-23-19-12-6-4-10-17(19)21(25)24-16-8-2-1-3-9-16/h1-13,23H,14-15H2,(H,24,25). The van der Waals surface area contributed by atoms with Crippen LogP contribution in [0.1, 0.15) is 10.4 Å². The van der Waals surface area contributed by atoms with Crippen molar-refractivity contribution in [3.8, 4) is 5.75 Å². The number of amides is 1. The lowest BCUT2D eigenvalue weighted by atomic mass is 10.1. The van der Waals surface area contributed by atoms with Crippen LogP contribution >= 0.6 is 0 Å². The van der Waals surface area contributed by atoms with Crippen molar-refractivity contribution >= 4 is 17.3 Å². The summed E-state index contributed by atoms with van der Waals surface area (Å²) in [5.74, 6) is -0.381. The molecule has 0 aliphatic heterocycles. The highest BCUT2D eigenvalue weighted by Gasteiger charge is 2.11. The Kier molecular flexibility index (Phi) is 5.83. The van der Waals surface area contributed by atoms with E-state index in [1.54, 1.807) is 30.3 Å². The first-order valence-electron chi connectivity index (χ1n) is 8.30. The fourth-order valence-electron chi connectivity index (χ4n) is 2.46. The molecule has 2 N–H and O–H groups in total. The molecule has 0 fully saturated rings. The minimum Gasteiger partial charge on any atom is -0.489 e. The molecule has 0 aliphatic carbocycles. The molecular weight excluding hydrogens is 331 g/mol. The SMILES string of the molecule is O=C(Nc1ccccc1)c1ccccc1NCCOc1ccccc1F. The minimum absolute atomic E-state index is 0.200. The van der Waals surface area contributed by atoms with Gasteiger partial charge in [0.05, 0.1) is 5.56 Å². The zero-order chi connectivity index (χ0) is 18.2. The van der Waals surface area contributed by atoms with Gasteiger partial charge in [-0.15, -0.1) is 0 Å². The van der Waals surface area contributed by atoms with Gasteiger partial charge < -0.3 is 15.4 Å². The number of para-hydroxylation sites is 3. The van der Waals surface area contributed by atoms with E-state index in [1.165, 1.54) is 6.07 Å². The second kappa shape index (κ2) is 8.67. The minimum atomic E-state index is -0.393. The second-order valence-electron chi connectivity index (χ2n) is 5.57. The lowest BCUT2D eigenvalue weighted by Crippen LogP contribution is -2.17. The molecule has 0 atom stereocenters. The van der Waals surface area contributed by atoms with E-state index in [-0.39, 0.29) is 18.3 Å². The van der Waals surface area contributed by atoms with Crippen LogP contribution in [-0.2, 0) is 0 Å². The van der Waals surface area contributed by atoms with Gasteiger partial charge in [0, 0.05) is 17.9 Å². The molecule has 26 heavy (non-hydrogen) atoms. The van der Waals surface area contributed by atoms with Gasteiger partial charge >= 0.3 is 0 Å². The van der Waals surface area contributed by atoms with Gasteiger partial charge in [-0.1, -0.05) is 42.5 Å². The first-order chi connectivity index (χ1) is 12.7. The van der Waals surface area contributed by atoms with Gasteiger partial charge in [-0.3, -0.25) is 4.79 Å². The molecule has 0 radical (unpaired) electrons. The molecule has 0 spiro atoms. The van der Waals surface area contributed by atoms with Gasteiger partial charge in [0.15, 0.2) is 11.6 Å². The van der Waals surface area contributed by atoms with Crippen molar-refractivity contribution in [2.75, 3.05) is 23.8 Å². The molecule has 3 rings (SSSR count). The fourth-order valence-corrected chi connectivity index (χ4v) is 2.46. The number of carbonyl (C=O) groups excluding carboxylic acids is 1. The monoisotopic (exact) mass is 350 g/mol. The van der Waals surface area contributed by atoms with Crippen molar-refractivity contribution < 1.29 is 13.9 Å². The zero-order valence-corrected chi connectivity index (χ0v) is 14.1. The third-order valence-corrected chi connectivity index (χ3v) is 3.72. The summed E-state index contributed by atoms with van der Waals surface area (Å²) in [4.78, 5) is 12.5. The number of rotatable bonds is 7. The number of hydrogen-bond acceptors (Lipinski definition) is 3. The predicted octanol–water partition coefficient (Wildman–Crippen LogP) is 4.57. The molecule has 0 aromatic heterocycles. The quantitative estimate of drug-likeness (QED) is 0.614. The lowest BCUT2D eigenvalue weighted by molar-refractivity contribution is 0.102. The summed E-state index contributed by atoms with van der Waals surface area (Å²) >= 11 is 0. The number of carbonyl (C=O) groups is 1. The van der Waals surface area contributed by atoms with E-state index in [9.17, 15) is 9.18 Å². The molecule has 0 unspecified atom stereocenters. The first-order valence-corrected chi connectivity index (χ1v) is 8.30. The number of hydrogen-bond donors (Lipinski definition) is 2. The molecule has 0 saturated heterocycles. The Hall–Kier alpha value is -3.34. The van der Waals surface area contributed by atoms with E-state index < -0.39 is 5.82 Å². The van der Waals surface area contributed by atoms with Crippen LogP contribution in [0.5, 0.6) is 5.75 Å². The van der Waals surface area contributed by atoms with E-state index in [1.807, 2.05) is 42.5 Å². The molecule has 0 aliphatic rings. The van der Waals surface area contributed by atoms with Crippen molar-refractivity contribution in [3.05, 3.63) is 90.2 Å². The van der Waals surface area contributed by atoms with Crippen LogP contribution in [-0.4, -0.2) is 19.1 Å². The smallest absolute Gasteiger partial charge is 0.257 e. The Morgan fingerprint density at radius 2 is 1.58 bits per heavy atom. The number of ether oxygens (including phenoxy) is 1. The molecule has 5 heteroatoms. The van der Waals surface area contributed by atoms with Crippen molar-refractivity contribution in [1.82, 2.24) is 0 Å². The Morgan fingerprint density at radius 3 is 2.38 bits per heavy atom. The summed E-state index contributed by atoms with van der Waals surface area (Å²) in [5.41, 5.74) is 1.95. The maximum absolute atomic E-state index is 13.5. The van der Waals surface area contributed by atoms with Crippen molar-refractivity contribution in [2.45, 2.75) is 0 Å².